The van der Waals surface area contributed by atoms with Gasteiger partial charge in [-0.25, -0.2) is 15.0 Å². The molecule has 9 heterocycles. The predicted octanol–water partition coefficient (Wildman–Crippen LogP) is 17.4. The molecule has 2 fully saturated rings. The number of rotatable bonds is 26. The summed E-state index contributed by atoms with van der Waals surface area (Å²) >= 11 is 31.4. The molecule has 0 atom stereocenters. The van der Waals surface area contributed by atoms with E-state index in [1.165, 1.54) is 23.2 Å². The smallest absolute Gasteiger partial charge is 0.257 e. The van der Waals surface area contributed by atoms with Gasteiger partial charge in [-0.05, 0) is 196 Å². The van der Waals surface area contributed by atoms with Crippen molar-refractivity contribution in [3.63, 3.8) is 0 Å². The summed E-state index contributed by atoms with van der Waals surface area (Å²) in [4.78, 5) is 99.3. The number of morpholine rings is 2. The molecule has 2 aliphatic rings. The van der Waals surface area contributed by atoms with Crippen LogP contribution in [0.3, 0.4) is 0 Å². The van der Waals surface area contributed by atoms with Crippen molar-refractivity contribution in [2.75, 3.05) is 150 Å². The third-order valence-corrected chi connectivity index (χ3v) is 20.1. The molecule has 7 aromatic heterocycles. The minimum absolute atomic E-state index is 0.188. The highest BCUT2D eigenvalue weighted by Gasteiger charge is 2.20. The number of pyridine rings is 7. The van der Waals surface area contributed by atoms with Gasteiger partial charge in [0.2, 0.25) is 0 Å². The molecule has 2 aliphatic heterocycles. The highest BCUT2D eigenvalue weighted by Crippen LogP contribution is 2.34. The SMILES string of the molecule is CN(C)C(=O)c1ccc(C(=O)Nc2ccc(Cl)c(-c3ccccn3)c2)c(Cl)c1.COCCNc1ccc(C(=O)Nc2ccc(Cl)c(-c3ccccn3)c2)cn1.Cc1nc(NCCN2CCOCC2)ccc1C(=O)Nc1ccc(Cl)c(-c2ccccn2)c1.O=C(Nc1ccc(Cl)c(-c2ccccn2)c1)c1ccc(NCCCN2CCOCC2)nc1. The molecule has 5 amide bonds. The van der Waals surface area contributed by atoms with Gasteiger partial charge in [0, 0.05) is 161 Å². The lowest BCUT2D eigenvalue weighted by Crippen LogP contribution is -2.39. The number of halogens is 5. The lowest BCUT2D eigenvalue weighted by molar-refractivity contribution is 0.0378. The van der Waals surface area contributed by atoms with E-state index in [4.69, 9.17) is 72.2 Å². The first-order chi connectivity index (χ1) is 57.8. The lowest BCUT2D eigenvalue weighted by Gasteiger charge is -2.26. The van der Waals surface area contributed by atoms with Crippen molar-refractivity contribution in [3.8, 4) is 45.0 Å². The molecule has 0 spiro atoms. The average Bonchev–Trinajstić information content (AvgIpc) is 0.825. The highest BCUT2D eigenvalue weighted by atomic mass is 35.5. The zero-order valence-corrected chi connectivity index (χ0v) is 69.5. The predicted molar refractivity (Wildman–Crippen MR) is 474 cm³/mol. The van der Waals surface area contributed by atoms with E-state index in [1.54, 1.807) is 143 Å². The Morgan fingerprint density at radius 1 is 0.403 bits per heavy atom. The number of nitrogens with zero attached hydrogens (tertiary/aromatic N) is 10. The largest absolute Gasteiger partial charge is 0.383 e. The fraction of sp³-hybridized carbons (Fsp3) is 0.213. The summed E-state index contributed by atoms with van der Waals surface area (Å²) in [5.41, 5.74) is 11.2. The molecule has 12 aromatic rings. The molecule has 0 saturated carbocycles. The molecule has 0 bridgehead atoms. The number of aryl methyl sites for hydroxylation is 1. The van der Waals surface area contributed by atoms with Crippen LogP contribution < -0.4 is 37.2 Å². The molecule has 0 unspecified atom stereocenters. The number of carbonyl (C=O) groups excluding carboxylic acids is 5. The van der Waals surface area contributed by atoms with Crippen LogP contribution in [0.2, 0.25) is 25.1 Å². The first kappa shape index (κ1) is 88.0. The van der Waals surface area contributed by atoms with Gasteiger partial charge >= 0.3 is 0 Å². The quantitative estimate of drug-likeness (QED) is 0.0248. The van der Waals surface area contributed by atoms with Crippen molar-refractivity contribution in [2.45, 2.75) is 13.3 Å². The van der Waals surface area contributed by atoms with Crippen molar-refractivity contribution in [1.82, 2.24) is 49.6 Å². The first-order valence-corrected chi connectivity index (χ1v) is 40.0. The number of methoxy groups -OCH3 is 1. The lowest BCUT2D eigenvalue weighted by atomic mass is 10.1. The van der Waals surface area contributed by atoms with Gasteiger partial charge in [-0.15, -0.1) is 0 Å². The van der Waals surface area contributed by atoms with Gasteiger partial charge in [-0.1, -0.05) is 82.3 Å². The van der Waals surface area contributed by atoms with Gasteiger partial charge in [-0.3, -0.25) is 53.7 Å². The number of aromatic nitrogens is 7. The fourth-order valence-corrected chi connectivity index (χ4v) is 13.3. The van der Waals surface area contributed by atoms with Gasteiger partial charge in [0.15, 0.2) is 0 Å². The summed E-state index contributed by atoms with van der Waals surface area (Å²) in [6.45, 7) is 13.8. The van der Waals surface area contributed by atoms with Crippen molar-refractivity contribution in [2.24, 2.45) is 0 Å². The van der Waals surface area contributed by atoms with E-state index in [0.717, 1.165) is 131 Å². The van der Waals surface area contributed by atoms with Crippen molar-refractivity contribution >= 4 is 128 Å². The average molecular weight is 1700 g/mol. The molecular formula is C89H88Cl5N17O8. The van der Waals surface area contributed by atoms with Crippen molar-refractivity contribution in [3.05, 3.63) is 296 Å². The van der Waals surface area contributed by atoms with Gasteiger partial charge in [0.25, 0.3) is 29.5 Å². The van der Waals surface area contributed by atoms with Crippen molar-refractivity contribution in [1.29, 1.82) is 0 Å². The zero-order chi connectivity index (χ0) is 83.8. The van der Waals surface area contributed by atoms with E-state index in [0.29, 0.717) is 101 Å². The molecule has 30 heteroatoms. The van der Waals surface area contributed by atoms with Crippen LogP contribution in [0.15, 0.2) is 237 Å². The number of nitrogens with one attached hydrogen (secondary N) is 7. The van der Waals surface area contributed by atoms with Crippen LogP contribution in [-0.2, 0) is 14.2 Å². The van der Waals surface area contributed by atoms with E-state index >= 15 is 0 Å². The molecule has 25 nitrogen and oxygen atoms in total. The molecule has 0 radical (unpaired) electrons. The summed E-state index contributed by atoms with van der Waals surface area (Å²) in [6, 6.07) is 58.8. The highest BCUT2D eigenvalue weighted by molar-refractivity contribution is 6.36. The normalized spacial score (nSPS) is 12.4. The number of carbonyl (C=O) groups is 5. The number of hydrogen-bond donors (Lipinski definition) is 7. The molecule has 7 N–H and O–H groups in total. The summed E-state index contributed by atoms with van der Waals surface area (Å²) < 4.78 is 15.7. The number of benzene rings is 5. The Kier molecular flexibility index (Phi) is 33.4. The van der Waals surface area contributed by atoms with Crippen molar-refractivity contribution < 1.29 is 38.2 Å². The molecule has 0 aliphatic carbocycles. The summed E-state index contributed by atoms with van der Waals surface area (Å²) in [6.07, 6.45) is 10.9. The second-order valence-corrected chi connectivity index (χ2v) is 29.1. The van der Waals surface area contributed by atoms with E-state index < -0.39 is 0 Å². The van der Waals surface area contributed by atoms with Gasteiger partial charge in [-0.2, -0.15) is 0 Å². The Morgan fingerprint density at radius 3 is 1.16 bits per heavy atom. The topological polar surface area (TPSA) is 297 Å². The van der Waals surface area contributed by atoms with Gasteiger partial charge < -0.3 is 56.3 Å². The maximum absolute atomic E-state index is 12.9. The Bertz CT molecular complexity index is 5360. The molecule has 5 aromatic carbocycles. The summed E-state index contributed by atoms with van der Waals surface area (Å²) in [5.74, 6) is 0.931. The molecule has 119 heavy (non-hydrogen) atoms. The van der Waals surface area contributed by atoms with Crippen LogP contribution in [-0.4, -0.2) is 192 Å². The van der Waals surface area contributed by atoms with Crippen LogP contribution in [0.5, 0.6) is 0 Å². The zero-order valence-electron chi connectivity index (χ0n) is 65.8. The molecule has 2 saturated heterocycles. The second kappa shape index (κ2) is 45.2. The van der Waals surface area contributed by atoms with Crippen LogP contribution in [0.1, 0.15) is 63.9 Å². The third kappa shape index (κ3) is 26.6. The van der Waals surface area contributed by atoms with Crippen LogP contribution in [0, 0.1) is 6.92 Å². The van der Waals surface area contributed by atoms with E-state index in [1.807, 2.05) is 104 Å². The standard InChI is InChI=1S/2C24H26ClN5O2.C21H17Cl2N3O2.C20H19ClN4O2/c1-17-19(6-8-23(28-17)27-10-11-30-12-14-32-15-13-30)24(31)29-18-5-7-21(25)20(16-18)22-4-2-3-9-26-22;25-21-7-6-19(16-20(21)22-4-1-2-9-26-22)29-24(31)18-5-8-23(28-17-18)27-10-3-11-30-12-14-32-15-13-30;1-26(2)21(28)13-6-8-15(18(23)11-13)20(27)25-14-7-9-17(22)16(12-14)19-5-3-4-10-24-19;1-27-11-10-23-19-8-5-14(13-24-19)20(26)25-15-6-7-17(21)16(12-15)18-4-2-3-9-22-18/h2-9,16H,10-15H2,1H3,(H,27,28)(H,29,31);1-2,4-9,16-17H,3,10-15H2,(H,27,28)(H,29,31);3-12H,1-2H3,(H,25,27);2-9,12-13H,10-11H2,1H3,(H,23,24)(H,25,26). The monoisotopic (exact) mass is 1700 g/mol. The van der Waals surface area contributed by atoms with E-state index in [-0.39, 0.29) is 40.1 Å². The number of ether oxygens (including phenoxy) is 3. The Hall–Kier alpha value is -11.9. The Morgan fingerprint density at radius 2 is 0.782 bits per heavy atom. The van der Waals surface area contributed by atoms with Gasteiger partial charge in [0.05, 0.1) is 109 Å². The Balaban J connectivity index is 0.000000156. The minimum atomic E-state index is -0.386. The minimum Gasteiger partial charge on any atom is -0.383 e. The maximum atomic E-state index is 12.9. The maximum Gasteiger partial charge on any atom is 0.257 e. The van der Waals surface area contributed by atoms with Gasteiger partial charge in [0.1, 0.15) is 17.5 Å². The summed E-state index contributed by atoms with van der Waals surface area (Å²) in [5, 5.41) is 23.7. The summed E-state index contributed by atoms with van der Waals surface area (Å²) in [7, 11) is 4.94. The van der Waals surface area contributed by atoms with Crippen LogP contribution in [0.25, 0.3) is 45.0 Å². The first-order valence-electron chi connectivity index (χ1n) is 38.1. The van der Waals surface area contributed by atoms with Crippen LogP contribution >= 0.6 is 58.0 Å². The molecule has 612 valence electrons. The fourth-order valence-electron chi connectivity index (χ4n) is 12.1. The molecule has 14 rings (SSSR count). The van der Waals surface area contributed by atoms with E-state index in [9.17, 15) is 24.0 Å². The Labute approximate surface area is 715 Å². The second-order valence-electron chi connectivity index (χ2n) is 27.1. The third-order valence-electron chi connectivity index (χ3n) is 18.4. The number of amides is 5. The van der Waals surface area contributed by atoms with Crippen LogP contribution in [0.4, 0.5) is 40.2 Å². The van der Waals surface area contributed by atoms with E-state index in [2.05, 4.69) is 81.9 Å². The number of anilines is 7. The molecular weight excluding hydrogens is 1610 g/mol. The number of hydrogen-bond acceptors (Lipinski definition) is 20.